The van der Waals surface area contributed by atoms with Crippen molar-refractivity contribution in [3.05, 3.63) is 0 Å². The van der Waals surface area contributed by atoms with Crippen molar-refractivity contribution in [1.29, 1.82) is 0 Å². The van der Waals surface area contributed by atoms with Crippen LogP contribution < -0.4 is 5.32 Å². The summed E-state index contributed by atoms with van der Waals surface area (Å²) in [5.74, 6) is 0.294. The van der Waals surface area contributed by atoms with Crippen LogP contribution in [0.2, 0.25) is 0 Å². The van der Waals surface area contributed by atoms with Crippen LogP contribution in [0.15, 0.2) is 0 Å². The van der Waals surface area contributed by atoms with Crippen LogP contribution in [-0.2, 0) is 23.8 Å². The molecule has 3 rings (SSSR count). The molecule has 3 aliphatic rings. The largest absolute Gasteiger partial charge is 0.394 e. The SMILES string of the molecule is CC(=O)NC1C(OCCCCCC(=O)N2C[C@H](O)C[C@H]2COC2CCC(C)C2)OC(CO)C(O)C1O. The van der Waals surface area contributed by atoms with E-state index in [0.29, 0.717) is 44.8 Å². The number of amides is 2. The molecule has 0 aromatic heterocycles. The highest BCUT2D eigenvalue weighted by Gasteiger charge is 2.45. The number of carbonyl (C=O) groups excluding carboxylic acids is 2. The van der Waals surface area contributed by atoms with Crippen molar-refractivity contribution in [1.82, 2.24) is 10.2 Å². The molecule has 0 bridgehead atoms. The highest BCUT2D eigenvalue weighted by Crippen LogP contribution is 2.29. The van der Waals surface area contributed by atoms with E-state index in [-0.39, 0.29) is 24.7 Å². The van der Waals surface area contributed by atoms with Gasteiger partial charge in [-0.25, -0.2) is 0 Å². The first-order chi connectivity index (χ1) is 17.2. The van der Waals surface area contributed by atoms with Gasteiger partial charge in [0.1, 0.15) is 24.4 Å². The van der Waals surface area contributed by atoms with Crippen LogP contribution in [-0.4, -0.2) is 112 Å². The second kappa shape index (κ2) is 14.0. The maximum Gasteiger partial charge on any atom is 0.222 e. The van der Waals surface area contributed by atoms with Gasteiger partial charge in [0.05, 0.1) is 31.5 Å². The van der Waals surface area contributed by atoms with E-state index in [1.165, 1.54) is 13.3 Å². The monoisotopic (exact) mass is 516 g/mol. The molecule has 5 N–H and O–H groups in total. The number of unbranched alkanes of at least 4 members (excludes halogenated alkanes) is 2. The Kier molecular flexibility index (Phi) is 11.4. The normalized spacial score (nSPS) is 36.8. The fourth-order valence-electron chi connectivity index (χ4n) is 5.42. The fraction of sp³-hybridized carbons (Fsp3) is 0.920. The quantitative estimate of drug-likeness (QED) is 0.219. The van der Waals surface area contributed by atoms with E-state index in [9.17, 15) is 30.0 Å². The van der Waals surface area contributed by atoms with E-state index in [4.69, 9.17) is 14.2 Å². The lowest BCUT2D eigenvalue weighted by Crippen LogP contribution is -2.64. The third kappa shape index (κ3) is 8.08. The zero-order chi connectivity index (χ0) is 26.2. The molecule has 36 heavy (non-hydrogen) atoms. The molecule has 208 valence electrons. The van der Waals surface area contributed by atoms with E-state index in [2.05, 4.69) is 12.2 Å². The van der Waals surface area contributed by atoms with Gasteiger partial charge in [-0.2, -0.15) is 0 Å². The summed E-state index contributed by atoms with van der Waals surface area (Å²) in [7, 11) is 0. The Morgan fingerprint density at radius 1 is 1.06 bits per heavy atom. The van der Waals surface area contributed by atoms with Crippen LogP contribution in [0, 0.1) is 5.92 Å². The molecule has 0 aromatic rings. The molecule has 1 saturated carbocycles. The van der Waals surface area contributed by atoms with E-state index < -0.39 is 49.3 Å². The molecule has 0 aromatic carbocycles. The zero-order valence-electron chi connectivity index (χ0n) is 21.5. The molecular formula is C25H44N2O9. The number of aliphatic hydroxyl groups excluding tert-OH is 4. The highest BCUT2D eigenvalue weighted by atomic mass is 16.7. The highest BCUT2D eigenvalue weighted by molar-refractivity contribution is 5.77. The molecule has 3 fully saturated rings. The number of hydrogen-bond donors (Lipinski definition) is 5. The van der Waals surface area contributed by atoms with Crippen molar-refractivity contribution < 1.29 is 44.2 Å². The van der Waals surface area contributed by atoms with E-state index in [1.54, 1.807) is 4.90 Å². The molecular weight excluding hydrogens is 472 g/mol. The number of ether oxygens (including phenoxy) is 3. The van der Waals surface area contributed by atoms with Gasteiger partial charge in [-0.15, -0.1) is 0 Å². The predicted molar refractivity (Wildman–Crippen MR) is 129 cm³/mol. The molecule has 2 heterocycles. The summed E-state index contributed by atoms with van der Waals surface area (Å²) < 4.78 is 17.3. The van der Waals surface area contributed by atoms with Crippen LogP contribution >= 0.6 is 0 Å². The lowest BCUT2D eigenvalue weighted by Gasteiger charge is -2.42. The van der Waals surface area contributed by atoms with Gasteiger partial charge in [-0.3, -0.25) is 9.59 Å². The second-order valence-electron chi connectivity index (χ2n) is 10.6. The van der Waals surface area contributed by atoms with Crippen LogP contribution in [0.3, 0.4) is 0 Å². The summed E-state index contributed by atoms with van der Waals surface area (Å²) in [6.45, 7) is 4.10. The fourth-order valence-corrected chi connectivity index (χ4v) is 5.42. The molecule has 2 aliphatic heterocycles. The summed E-state index contributed by atoms with van der Waals surface area (Å²) in [6.07, 6.45) is 1.23. The summed E-state index contributed by atoms with van der Waals surface area (Å²) in [5, 5.41) is 42.4. The molecule has 9 atom stereocenters. The molecule has 7 unspecified atom stereocenters. The number of rotatable bonds is 12. The van der Waals surface area contributed by atoms with Gasteiger partial charge in [0.15, 0.2) is 6.29 Å². The number of likely N-dealkylation sites (tertiary alicyclic amines) is 1. The smallest absolute Gasteiger partial charge is 0.222 e. The van der Waals surface area contributed by atoms with Gasteiger partial charge in [-0.05, 0) is 44.4 Å². The van der Waals surface area contributed by atoms with Crippen molar-refractivity contribution in [3.8, 4) is 0 Å². The lowest BCUT2D eigenvalue weighted by atomic mass is 9.97. The first kappa shape index (κ1) is 29.2. The molecule has 11 heteroatoms. The summed E-state index contributed by atoms with van der Waals surface area (Å²) in [5.41, 5.74) is 0. The van der Waals surface area contributed by atoms with Crippen LogP contribution in [0.1, 0.15) is 65.2 Å². The van der Waals surface area contributed by atoms with Gasteiger partial charge >= 0.3 is 0 Å². The summed E-state index contributed by atoms with van der Waals surface area (Å²) in [6, 6.07) is -1.04. The topological polar surface area (TPSA) is 158 Å². The average molecular weight is 517 g/mol. The average Bonchev–Trinajstić information content (AvgIpc) is 3.43. The number of aliphatic hydroxyl groups is 4. The van der Waals surface area contributed by atoms with Crippen molar-refractivity contribution in [3.63, 3.8) is 0 Å². The summed E-state index contributed by atoms with van der Waals surface area (Å²) in [4.78, 5) is 26.1. The maximum atomic E-state index is 12.8. The minimum atomic E-state index is -1.35. The molecule has 2 amide bonds. The first-order valence-electron chi connectivity index (χ1n) is 13.3. The molecule has 0 spiro atoms. The van der Waals surface area contributed by atoms with Crippen molar-refractivity contribution in [2.45, 2.75) is 114 Å². The lowest BCUT2D eigenvalue weighted by molar-refractivity contribution is -0.270. The molecule has 11 nitrogen and oxygen atoms in total. The Bertz CT molecular complexity index is 711. The van der Waals surface area contributed by atoms with Gasteiger partial charge in [-0.1, -0.05) is 13.3 Å². The van der Waals surface area contributed by atoms with Gasteiger partial charge in [0.2, 0.25) is 11.8 Å². The Balaban J connectivity index is 1.36. The standard InChI is InChI=1S/C25H44N2O9/c1-15-7-8-19(10-15)35-14-17-11-18(30)12-27(17)21(31)6-4-3-5-9-34-25-22(26-16(2)29)24(33)23(32)20(13-28)36-25/h15,17-20,22-25,28,30,32-33H,3-14H2,1-2H3,(H,26,29)/t15?,17-,18+,19?,20?,22?,23?,24?,25?/m0/s1. The van der Waals surface area contributed by atoms with E-state index in [0.717, 1.165) is 19.3 Å². The van der Waals surface area contributed by atoms with E-state index in [1.807, 2.05) is 0 Å². The van der Waals surface area contributed by atoms with Crippen LogP contribution in [0.4, 0.5) is 0 Å². The van der Waals surface area contributed by atoms with Gasteiger partial charge < -0.3 is 44.9 Å². The van der Waals surface area contributed by atoms with Crippen LogP contribution in [0.25, 0.3) is 0 Å². The maximum absolute atomic E-state index is 12.8. The molecule has 2 saturated heterocycles. The van der Waals surface area contributed by atoms with Gasteiger partial charge in [0.25, 0.3) is 0 Å². The Hall–Kier alpha value is -1.34. The van der Waals surface area contributed by atoms with Crippen molar-refractivity contribution >= 4 is 11.8 Å². The molecule has 0 radical (unpaired) electrons. The minimum Gasteiger partial charge on any atom is -0.394 e. The predicted octanol–water partition coefficient (Wildman–Crippen LogP) is -0.326. The van der Waals surface area contributed by atoms with Crippen molar-refractivity contribution in [2.75, 3.05) is 26.4 Å². The number of carbonyl (C=O) groups is 2. The number of nitrogens with zero attached hydrogens (tertiary/aromatic N) is 1. The number of β-amino-alcohol motifs (C(OH)–C–C–N with tert-alkyl or cyclic N) is 1. The Morgan fingerprint density at radius 3 is 2.50 bits per heavy atom. The summed E-state index contributed by atoms with van der Waals surface area (Å²) >= 11 is 0. The molecule has 1 aliphatic carbocycles. The van der Waals surface area contributed by atoms with Gasteiger partial charge in [0, 0.05) is 26.5 Å². The third-order valence-electron chi connectivity index (χ3n) is 7.45. The number of hydrogen-bond acceptors (Lipinski definition) is 9. The van der Waals surface area contributed by atoms with Crippen LogP contribution in [0.5, 0.6) is 0 Å². The minimum absolute atomic E-state index is 0.0186. The third-order valence-corrected chi connectivity index (χ3v) is 7.45. The second-order valence-corrected chi connectivity index (χ2v) is 10.6. The zero-order valence-corrected chi connectivity index (χ0v) is 21.5. The van der Waals surface area contributed by atoms with E-state index >= 15 is 0 Å². The van der Waals surface area contributed by atoms with Crippen molar-refractivity contribution in [2.24, 2.45) is 5.92 Å². The Morgan fingerprint density at radius 2 is 1.83 bits per heavy atom. The Labute approximate surface area is 213 Å². The number of nitrogens with one attached hydrogen (secondary N) is 1. The first-order valence-corrected chi connectivity index (χ1v) is 13.3.